The highest BCUT2D eigenvalue weighted by Crippen LogP contribution is 2.39. The van der Waals surface area contributed by atoms with Crippen LogP contribution in [0.1, 0.15) is 50.2 Å². The average Bonchev–Trinajstić information content (AvgIpc) is 2.57. The highest BCUT2D eigenvalue weighted by atomic mass is 35.5. The predicted octanol–water partition coefficient (Wildman–Crippen LogP) is 3.54. The van der Waals surface area contributed by atoms with Gasteiger partial charge >= 0.3 is 0 Å². The summed E-state index contributed by atoms with van der Waals surface area (Å²) in [6, 6.07) is 6.08. The van der Waals surface area contributed by atoms with E-state index < -0.39 is 0 Å². The number of benzene rings is 1. The van der Waals surface area contributed by atoms with Gasteiger partial charge in [0.2, 0.25) is 11.8 Å². The van der Waals surface area contributed by atoms with Gasteiger partial charge in [-0.25, -0.2) is 0 Å². The third-order valence-electron chi connectivity index (χ3n) is 4.75. The highest BCUT2D eigenvalue weighted by molar-refractivity contribution is 6.30. The van der Waals surface area contributed by atoms with Crippen molar-refractivity contribution in [3.05, 3.63) is 40.0 Å². The smallest absolute Gasteiger partial charge is 0.226 e. The second-order valence-corrected chi connectivity index (χ2v) is 6.90. The van der Waals surface area contributed by atoms with Gasteiger partial charge < -0.3 is 10.2 Å². The van der Waals surface area contributed by atoms with Crippen molar-refractivity contribution in [3.8, 4) is 0 Å². The van der Waals surface area contributed by atoms with Crippen molar-refractivity contribution < 1.29 is 9.59 Å². The van der Waals surface area contributed by atoms with Crippen LogP contribution in [-0.2, 0) is 16.0 Å². The predicted molar refractivity (Wildman–Crippen MR) is 95.6 cm³/mol. The van der Waals surface area contributed by atoms with Gasteiger partial charge in [-0.3, -0.25) is 9.59 Å². The van der Waals surface area contributed by atoms with Crippen molar-refractivity contribution in [2.24, 2.45) is 0 Å². The van der Waals surface area contributed by atoms with E-state index in [0.29, 0.717) is 19.4 Å². The van der Waals surface area contributed by atoms with E-state index in [1.807, 2.05) is 11.0 Å². The highest BCUT2D eigenvalue weighted by Gasteiger charge is 2.29. The lowest BCUT2D eigenvalue weighted by molar-refractivity contribution is -0.130. The van der Waals surface area contributed by atoms with Crippen LogP contribution >= 0.6 is 11.6 Å². The number of nitrogens with zero attached hydrogens (tertiary/aromatic N) is 1. The molecular formula is C19H23ClN2O2. The lowest BCUT2D eigenvalue weighted by Crippen LogP contribution is -2.36. The second-order valence-electron chi connectivity index (χ2n) is 6.46. The molecule has 2 aliphatic rings. The summed E-state index contributed by atoms with van der Waals surface area (Å²) in [5.74, 6) is 0.123. The molecule has 0 unspecified atom stereocenters. The molecule has 0 radical (unpaired) electrons. The molecule has 1 aromatic rings. The first kappa shape index (κ1) is 17.0. The van der Waals surface area contributed by atoms with E-state index in [-0.39, 0.29) is 11.8 Å². The number of hydrogen-bond acceptors (Lipinski definition) is 2. The summed E-state index contributed by atoms with van der Waals surface area (Å²) in [4.78, 5) is 25.5. The molecule has 1 aliphatic heterocycles. The van der Waals surface area contributed by atoms with Gasteiger partial charge in [0.15, 0.2) is 0 Å². The summed E-state index contributed by atoms with van der Waals surface area (Å²) < 4.78 is 0. The molecule has 0 atom stereocenters. The first-order chi connectivity index (χ1) is 11.6. The Morgan fingerprint density at radius 2 is 2.08 bits per heavy atom. The van der Waals surface area contributed by atoms with E-state index in [9.17, 15) is 9.59 Å². The number of amides is 2. The summed E-state index contributed by atoms with van der Waals surface area (Å²) in [5, 5.41) is 3.52. The second kappa shape index (κ2) is 7.39. The maximum absolute atomic E-state index is 12.6. The van der Waals surface area contributed by atoms with Crippen LogP contribution in [0.4, 0.5) is 0 Å². The SMILES string of the molecule is CC(=O)NCCCC(=O)N1CCCC2=C1CCc1cc(Cl)ccc12. The number of carbonyl (C=O) groups is 2. The van der Waals surface area contributed by atoms with Gasteiger partial charge in [0, 0.05) is 37.2 Å². The Hall–Kier alpha value is -1.81. The molecule has 1 N–H and O–H groups in total. The summed E-state index contributed by atoms with van der Waals surface area (Å²) in [6.07, 6.45) is 5.02. The summed E-state index contributed by atoms with van der Waals surface area (Å²) in [6.45, 7) is 2.86. The summed E-state index contributed by atoms with van der Waals surface area (Å²) in [7, 11) is 0. The molecule has 1 aliphatic carbocycles. The van der Waals surface area contributed by atoms with Crippen LogP contribution in [0.2, 0.25) is 5.02 Å². The van der Waals surface area contributed by atoms with Crippen molar-refractivity contribution >= 4 is 29.0 Å². The molecule has 4 nitrogen and oxygen atoms in total. The summed E-state index contributed by atoms with van der Waals surface area (Å²) in [5.41, 5.74) is 5.06. The van der Waals surface area contributed by atoms with Gasteiger partial charge in [-0.2, -0.15) is 0 Å². The third kappa shape index (κ3) is 3.64. The van der Waals surface area contributed by atoms with Crippen molar-refractivity contribution in [1.29, 1.82) is 0 Å². The van der Waals surface area contributed by atoms with Crippen LogP contribution in [0.5, 0.6) is 0 Å². The van der Waals surface area contributed by atoms with Gasteiger partial charge in [0.1, 0.15) is 0 Å². The molecule has 5 heteroatoms. The Morgan fingerprint density at radius 1 is 1.25 bits per heavy atom. The molecule has 0 saturated heterocycles. The number of rotatable bonds is 4. The number of fused-ring (bicyclic) bond motifs is 2. The molecule has 1 aromatic carbocycles. The van der Waals surface area contributed by atoms with Crippen LogP contribution in [0, 0.1) is 0 Å². The fourth-order valence-corrected chi connectivity index (χ4v) is 3.86. The molecule has 128 valence electrons. The maximum atomic E-state index is 12.6. The first-order valence-electron chi connectivity index (χ1n) is 8.62. The van der Waals surface area contributed by atoms with E-state index in [0.717, 1.165) is 37.3 Å². The maximum Gasteiger partial charge on any atom is 0.226 e. The molecule has 0 fully saturated rings. The van der Waals surface area contributed by atoms with Gasteiger partial charge in [-0.05, 0) is 60.9 Å². The van der Waals surface area contributed by atoms with Crippen molar-refractivity contribution in [3.63, 3.8) is 0 Å². The van der Waals surface area contributed by atoms with E-state index in [1.165, 1.54) is 29.3 Å². The van der Waals surface area contributed by atoms with Crippen molar-refractivity contribution in [1.82, 2.24) is 10.2 Å². The largest absolute Gasteiger partial charge is 0.356 e. The van der Waals surface area contributed by atoms with Gasteiger partial charge in [-0.15, -0.1) is 0 Å². The Balaban J connectivity index is 1.74. The Morgan fingerprint density at radius 3 is 2.88 bits per heavy atom. The van der Waals surface area contributed by atoms with Gasteiger partial charge in [0.25, 0.3) is 0 Å². The molecule has 3 rings (SSSR count). The van der Waals surface area contributed by atoms with Crippen LogP contribution in [-0.4, -0.2) is 29.8 Å². The molecule has 0 bridgehead atoms. The molecule has 0 saturated carbocycles. The monoisotopic (exact) mass is 346 g/mol. The topological polar surface area (TPSA) is 49.4 Å². The van der Waals surface area contributed by atoms with Crippen LogP contribution in [0.25, 0.3) is 5.57 Å². The Kier molecular flexibility index (Phi) is 5.24. The van der Waals surface area contributed by atoms with E-state index in [2.05, 4.69) is 17.4 Å². The quantitative estimate of drug-likeness (QED) is 0.848. The fourth-order valence-electron chi connectivity index (χ4n) is 3.66. The molecule has 2 amide bonds. The summed E-state index contributed by atoms with van der Waals surface area (Å²) >= 11 is 6.11. The lowest BCUT2D eigenvalue weighted by atomic mass is 9.84. The number of carbonyl (C=O) groups excluding carboxylic acids is 2. The standard InChI is InChI=1S/C19H23ClN2O2/c1-13(23)21-10-2-5-19(24)22-11-3-4-17-16-8-7-15(20)12-14(16)6-9-18(17)22/h7-8,12H,2-6,9-11H2,1H3,(H,21,23). The molecular weight excluding hydrogens is 324 g/mol. The van der Waals surface area contributed by atoms with Crippen LogP contribution in [0.15, 0.2) is 23.9 Å². The molecule has 24 heavy (non-hydrogen) atoms. The van der Waals surface area contributed by atoms with Crippen LogP contribution in [0.3, 0.4) is 0 Å². The average molecular weight is 347 g/mol. The van der Waals surface area contributed by atoms with Gasteiger partial charge in [-0.1, -0.05) is 17.7 Å². The normalized spacial score (nSPS) is 16.5. The van der Waals surface area contributed by atoms with E-state index in [1.54, 1.807) is 0 Å². The Labute approximate surface area is 147 Å². The Bertz CT molecular complexity index is 697. The lowest BCUT2D eigenvalue weighted by Gasteiger charge is -2.36. The zero-order valence-electron chi connectivity index (χ0n) is 14.0. The zero-order valence-corrected chi connectivity index (χ0v) is 14.8. The molecule has 0 spiro atoms. The van der Waals surface area contributed by atoms with Crippen molar-refractivity contribution in [2.75, 3.05) is 13.1 Å². The first-order valence-corrected chi connectivity index (χ1v) is 8.99. The van der Waals surface area contributed by atoms with E-state index in [4.69, 9.17) is 11.6 Å². The van der Waals surface area contributed by atoms with Gasteiger partial charge in [0.05, 0.1) is 0 Å². The number of allylic oxidation sites excluding steroid dienone is 2. The number of nitrogens with one attached hydrogen (secondary N) is 1. The van der Waals surface area contributed by atoms with Crippen molar-refractivity contribution in [2.45, 2.75) is 45.4 Å². The molecule has 1 heterocycles. The van der Waals surface area contributed by atoms with E-state index >= 15 is 0 Å². The minimum atomic E-state index is -0.0482. The number of halogens is 1. The minimum absolute atomic E-state index is 0.0482. The fraction of sp³-hybridized carbons (Fsp3) is 0.474. The number of hydrogen-bond donors (Lipinski definition) is 1. The van der Waals surface area contributed by atoms with Crippen LogP contribution < -0.4 is 5.32 Å². The molecule has 0 aromatic heterocycles. The zero-order chi connectivity index (χ0) is 17.1. The number of aryl methyl sites for hydroxylation is 1. The minimum Gasteiger partial charge on any atom is -0.356 e. The third-order valence-corrected chi connectivity index (χ3v) is 4.98.